The minimum Gasteiger partial charge on any atom is -0.0907 e. The first-order valence-electron chi connectivity index (χ1n) is 3.36. The molecule has 0 radical (unpaired) electrons. The molecular weight excluding hydrogens is 167 g/mol. The normalized spacial score (nSPS) is 10.3. The van der Waals surface area contributed by atoms with Gasteiger partial charge in [-0.15, -0.1) is 0 Å². The maximum Gasteiger partial charge on any atom is 0.0430 e. The van der Waals surface area contributed by atoms with Gasteiger partial charge in [-0.2, -0.15) is 0 Å². The fraction of sp³-hybridized carbons (Fsp3) is 1.00. The van der Waals surface area contributed by atoms with Crippen molar-refractivity contribution in [2.24, 2.45) is 0 Å². The molecular formula is C6H13PS2. The predicted octanol–water partition coefficient (Wildman–Crippen LogP) is 3.62. The second-order valence-electron chi connectivity index (χ2n) is 1.97. The molecule has 0 atom stereocenters. The molecule has 0 saturated carbocycles. The van der Waals surface area contributed by atoms with E-state index < -0.39 is 0 Å². The summed E-state index contributed by atoms with van der Waals surface area (Å²) in [6.07, 6.45) is 5.45. The average Bonchev–Trinajstić information content (AvgIpc) is 1.89. The molecule has 0 nitrogen and oxygen atoms in total. The van der Waals surface area contributed by atoms with Gasteiger partial charge in [0, 0.05) is 12.3 Å². The molecule has 54 valence electrons. The summed E-state index contributed by atoms with van der Waals surface area (Å²) in [7, 11) is 0. The van der Waals surface area contributed by atoms with Crippen molar-refractivity contribution in [1.29, 1.82) is 0 Å². The Morgan fingerprint density at radius 3 is 2.67 bits per heavy atom. The van der Waals surface area contributed by atoms with Crippen LogP contribution in [0.1, 0.15) is 32.6 Å². The van der Waals surface area contributed by atoms with E-state index >= 15 is 0 Å². The van der Waals surface area contributed by atoms with Crippen molar-refractivity contribution in [3.8, 4) is 0 Å². The zero-order chi connectivity index (χ0) is 6.95. The van der Waals surface area contributed by atoms with Crippen LogP contribution in [0.25, 0.3) is 0 Å². The van der Waals surface area contributed by atoms with Gasteiger partial charge in [0.25, 0.3) is 0 Å². The third-order valence-corrected chi connectivity index (χ3v) is 3.53. The zero-order valence-corrected chi connectivity index (χ0v) is 8.33. The van der Waals surface area contributed by atoms with Crippen LogP contribution in [0.2, 0.25) is 0 Å². The van der Waals surface area contributed by atoms with Gasteiger partial charge in [0.2, 0.25) is 0 Å². The van der Waals surface area contributed by atoms with E-state index in [0.717, 1.165) is 6.56 Å². The Balaban J connectivity index is 2.66. The van der Waals surface area contributed by atoms with E-state index in [0.29, 0.717) is 0 Å². The van der Waals surface area contributed by atoms with E-state index in [4.69, 9.17) is 11.8 Å². The van der Waals surface area contributed by atoms with Crippen molar-refractivity contribution >= 4 is 29.7 Å². The molecule has 0 aliphatic rings. The highest BCUT2D eigenvalue weighted by molar-refractivity contribution is 8.57. The summed E-state index contributed by atoms with van der Waals surface area (Å²) in [4.78, 5) is 0. The lowest BCUT2D eigenvalue weighted by molar-refractivity contribution is 0.707. The van der Waals surface area contributed by atoms with Crippen molar-refractivity contribution < 1.29 is 0 Å². The number of hydrogen-bond donors (Lipinski definition) is 0. The molecule has 0 N–H and O–H groups in total. The maximum atomic E-state index is 4.77. The quantitative estimate of drug-likeness (QED) is 0.452. The molecule has 0 aromatic rings. The molecule has 0 aliphatic heterocycles. The van der Waals surface area contributed by atoms with Gasteiger partial charge >= 0.3 is 0 Å². The van der Waals surface area contributed by atoms with E-state index in [1.165, 1.54) is 31.4 Å². The second-order valence-corrected chi connectivity index (χ2v) is 5.35. The summed E-state index contributed by atoms with van der Waals surface area (Å²) in [5.74, 6) is 1.26. The Morgan fingerprint density at radius 2 is 2.11 bits per heavy atom. The van der Waals surface area contributed by atoms with Gasteiger partial charge in [0.05, 0.1) is 0 Å². The summed E-state index contributed by atoms with van der Waals surface area (Å²) < 4.78 is 0. The number of unbranched alkanes of at least 4 members (excludes halogenated alkanes) is 3. The lowest BCUT2D eigenvalue weighted by Crippen LogP contribution is -1.76. The zero-order valence-electron chi connectivity index (χ0n) is 5.80. The molecule has 0 amide bonds. The molecule has 0 aromatic carbocycles. The fourth-order valence-electron chi connectivity index (χ4n) is 0.631. The van der Waals surface area contributed by atoms with E-state index in [-0.39, 0.29) is 0 Å². The van der Waals surface area contributed by atoms with Gasteiger partial charge in [-0.05, 0) is 18.2 Å². The Bertz CT molecular complexity index is 66.1. The topological polar surface area (TPSA) is 0 Å². The van der Waals surface area contributed by atoms with Crippen LogP contribution < -0.4 is 0 Å². The van der Waals surface area contributed by atoms with Crippen molar-refractivity contribution in [3.63, 3.8) is 0 Å². The van der Waals surface area contributed by atoms with Crippen LogP contribution in [0.15, 0.2) is 0 Å². The van der Waals surface area contributed by atoms with Gasteiger partial charge in [0.15, 0.2) is 0 Å². The number of rotatable bonds is 6. The van der Waals surface area contributed by atoms with Crippen molar-refractivity contribution in [2.75, 3.05) is 5.75 Å². The Hall–Kier alpha value is 0.870. The second kappa shape index (κ2) is 8.87. The highest BCUT2D eigenvalue weighted by atomic mass is 32.9. The van der Waals surface area contributed by atoms with Crippen LogP contribution in [0.3, 0.4) is 0 Å². The molecule has 0 unspecified atom stereocenters. The lowest BCUT2D eigenvalue weighted by atomic mass is 10.2. The van der Waals surface area contributed by atoms with E-state index in [2.05, 4.69) is 6.92 Å². The van der Waals surface area contributed by atoms with Gasteiger partial charge in [0.1, 0.15) is 0 Å². The number of hydrogen-bond acceptors (Lipinski definition) is 2. The minimum absolute atomic E-state index is 1.06. The summed E-state index contributed by atoms with van der Waals surface area (Å²) in [6, 6.07) is 0. The smallest absolute Gasteiger partial charge is 0.0430 e. The third-order valence-electron chi connectivity index (χ3n) is 1.14. The Kier molecular flexibility index (Phi) is 9.73. The molecule has 0 aromatic heterocycles. The Labute approximate surface area is 68.4 Å². The summed E-state index contributed by atoms with van der Waals surface area (Å²) in [5.41, 5.74) is 0. The highest BCUT2D eigenvalue weighted by Crippen LogP contribution is 2.19. The monoisotopic (exact) mass is 180 g/mol. The molecule has 3 heteroatoms. The van der Waals surface area contributed by atoms with Crippen LogP contribution >= 0.6 is 17.9 Å². The average molecular weight is 180 g/mol. The van der Waals surface area contributed by atoms with Crippen LogP contribution in [0.4, 0.5) is 0 Å². The minimum atomic E-state index is 1.06. The van der Waals surface area contributed by atoms with Crippen molar-refractivity contribution in [1.82, 2.24) is 0 Å². The largest absolute Gasteiger partial charge is 0.0907 e. The van der Waals surface area contributed by atoms with Gasteiger partial charge in [-0.3, -0.25) is 0 Å². The Morgan fingerprint density at radius 1 is 1.33 bits per heavy atom. The first kappa shape index (κ1) is 9.87. The van der Waals surface area contributed by atoms with Crippen molar-refractivity contribution in [2.45, 2.75) is 32.6 Å². The first-order valence-corrected chi connectivity index (χ1v) is 6.86. The third kappa shape index (κ3) is 8.87. The molecule has 0 rings (SSSR count). The van der Waals surface area contributed by atoms with Crippen LogP contribution in [-0.2, 0) is 11.8 Å². The SMILES string of the molecule is CCCCCCSP=S. The summed E-state index contributed by atoms with van der Waals surface area (Å²) >= 11 is 6.61. The van der Waals surface area contributed by atoms with Gasteiger partial charge in [-0.25, -0.2) is 0 Å². The molecule has 0 spiro atoms. The highest BCUT2D eigenvalue weighted by Gasteiger charge is 1.85. The van der Waals surface area contributed by atoms with Crippen LogP contribution in [0.5, 0.6) is 0 Å². The first-order chi connectivity index (χ1) is 4.41. The molecule has 0 aliphatic carbocycles. The summed E-state index contributed by atoms with van der Waals surface area (Å²) in [5, 5.41) is 0. The standard InChI is InChI=1S/C6H13PS2/c1-2-3-4-5-6-9-7-8/h2-6H2,1H3. The molecule has 0 bridgehead atoms. The van der Waals surface area contributed by atoms with Crippen LogP contribution in [-0.4, -0.2) is 5.75 Å². The van der Waals surface area contributed by atoms with E-state index in [1.807, 2.05) is 11.4 Å². The van der Waals surface area contributed by atoms with Gasteiger partial charge < -0.3 is 0 Å². The maximum absolute atomic E-state index is 4.77. The predicted molar refractivity (Wildman–Crippen MR) is 50.9 cm³/mol. The van der Waals surface area contributed by atoms with Crippen molar-refractivity contribution in [3.05, 3.63) is 0 Å². The van der Waals surface area contributed by atoms with E-state index in [1.54, 1.807) is 0 Å². The van der Waals surface area contributed by atoms with Crippen LogP contribution in [0, 0.1) is 0 Å². The molecule has 9 heavy (non-hydrogen) atoms. The fourth-order valence-corrected chi connectivity index (χ4v) is 2.32. The molecule has 0 saturated heterocycles. The molecule has 0 heterocycles. The lowest BCUT2D eigenvalue weighted by Gasteiger charge is -1.93. The van der Waals surface area contributed by atoms with E-state index in [9.17, 15) is 0 Å². The summed E-state index contributed by atoms with van der Waals surface area (Å²) in [6.45, 7) is 3.30. The molecule has 0 fully saturated rings. The van der Waals surface area contributed by atoms with Gasteiger partial charge in [-0.1, -0.05) is 37.6 Å².